The fourth-order valence-corrected chi connectivity index (χ4v) is 1.51. The van der Waals surface area contributed by atoms with Crippen LogP contribution in [0.2, 0.25) is 0 Å². The van der Waals surface area contributed by atoms with Crippen molar-refractivity contribution in [1.82, 2.24) is 0 Å². The molecule has 98 valence electrons. The van der Waals surface area contributed by atoms with Crippen LogP contribution in [0.25, 0.3) is 0 Å². The van der Waals surface area contributed by atoms with Gasteiger partial charge in [-0.3, -0.25) is 0 Å². The number of carboxylic acid groups (broad SMARTS) is 1. The molecular weight excluding hydrogens is 232 g/mol. The quantitative estimate of drug-likeness (QED) is 0.756. The van der Waals surface area contributed by atoms with Gasteiger partial charge in [0, 0.05) is 12.7 Å². The molecule has 0 saturated carbocycles. The van der Waals surface area contributed by atoms with Gasteiger partial charge in [0.1, 0.15) is 12.4 Å². The standard InChI is InChI=1S/C14H18O4/c1-3-12(14(15)16)7-8-18-13-6-4-5-11(9-13)10-17-2/h4-7,9H,3,8,10H2,1-2H3,(H,15,16). The lowest BCUT2D eigenvalue weighted by atomic mass is 10.2. The number of carboxylic acids is 1. The Morgan fingerprint density at radius 3 is 2.83 bits per heavy atom. The van der Waals surface area contributed by atoms with Crippen molar-refractivity contribution in [2.45, 2.75) is 20.0 Å². The number of methoxy groups -OCH3 is 1. The highest BCUT2D eigenvalue weighted by atomic mass is 16.5. The molecule has 0 atom stereocenters. The number of hydrogen-bond acceptors (Lipinski definition) is 3. The summed E-state index contributed by atoms with van der Waals surface area (Å²) in [6.45, 7) is 2.59. The van der Waals surface area contributed by atoms with E-state index in [0.717, 1.165) is 5.56 Å². The summed E-state index contributed by atoms with van der Waals surface area (Å²) in [5.41, 5.74) is 1.39. The first-order valence-corrected chi connectivity index (χ1v) is 5.80. The highest BCUT2D eigenvalue weighted by Crippen LogP contribution is 2.14. The lowest BCUT2D eigenvalue weighted by Crippen LogP contribution is -2.03. The van der Waals surface area contributed by atoms with Gasteiger partial charge in [-0.2, -0.15) is 0 Å². The van der Waals surface area contributed by atoms with Crippen molar-refractivity contribution in [2.24, 2.45) is 0 Å². The van der Waals surface area contributed by atoms with Crippen molar-refractivity contribution in [3.8, 4) is 5.75 Å². The van der Waals surface area contributed by atoms with Gasteiger partial charge in [0.25, 0.3) is 0 Å². The fourth-order valence-electron chi connectivity index (χ4n) is 1.51. The lowest BCUT2D eigenvalue weighted by Gasteiger charge is -2.06. The first-order chi connectivity index (χ1) is 8.67. The summed E-state index contributed by atoms with van der Waals surface area (Å²) in [6, 6.07) is 7.54. The Morgan fingerprint density at radius 2 is 2.22 bits per heavy atom. The number of carbonyl (C=O) groups is 1. The van der Waals surface area contributed by atoms with Crippen molar-refractivity contribution >= 4 is 5.97 Å². The number of ether oxygens (including phenoxy) is 2. The van der Waals surface area contributed by atoms with Gasteiger partial charge in [-0.1, -0.05) is 19.1 Å². The second kappa shape index (κ2) is 7.50. The van der Waals surface area contributed by atoms with Crippen LogP contribution in [0.3, 0.4) is 0 Å². The van der Waals surface area contributed by atoms with Crippen LogP contribution in [0.15, 0.2) is 35.9 Å². The predicted molar refractivity (Wildman–Crippen MR) is 68.7 cm³/mol. The number of aliphatic carboxylic acids is 1. The highest BCUT2D eigenvalue weighted by Gasteiger charge is 2.03. The van der Waals surface area contributed by atoms with Crippen molar-refractivity contribution in [2.75, 3.05) is 13.7 Å². The molecule has 1 rings (SSSR count). The third kappa shape index (κ3) is 4.59. The Bertz CT molecular complexity index is 424. The van der Waals surface area contributed by atoms with Gasteiger partial charge in [-0.05, 0) is 30.2 Å². The first-order valence-electron chi connectivity index (χ1n) is 5.80. The van der Waals surface area contributed by atoms with Crippen LogP contribution in [0.4, 0.5) is 0 Å². The zero-order chi connectivity index (χ0) is 13.4. The average molecular weight is 250 g/mol. The van der Waals surface area contributed by atoms with Gasteiger partial charge in [0.2, 0.25) is 0 Å². The fraction of sp³-hybridized carbons (Fsp3) is 0.357. The van der Waals surface area contributed by atoms with Crippen LogP contribution in [0.1, 0.15) is 18.9 Å². The summed E-state index contributed by atoms with van der Waals surface area (Å²) in [5, 5.41) is 8.84. The zero-order valence-electron chi connectivity index (χ0n) is 10.7. The second-order valence-electron chi connectivity index (χ2n) is 3.78. The first kappa shape index (κ1) is 14.3. The van der Waals surface area contributed by atoms with E-state index in [2.05, 4.69) is 0 Å². The summed E-state index contributed by atoms with van der Waals surface area (Å²) in [5.74, 6) is -0.184. The van der Waals surface area contributed by atoms with Gasteiger partial charge >= 0.3 is 5.97 Å². The van der Waals surface area contributed by atoms with E-state index in [9.17, 15) is 4.79 Å². The predicted octanol–water partition coefficient (Wildman–Crippen LogP) is 2.63. The lowest BCUT2D eigenvalue weighted by molar-refractivity contribution is -0.132. The van der Waals surface area contributed by atoms with Crippen LogP contribution >= 0.6 is 0 Å². The maximum absolute atomic E-state index is 10.8. The molecule has 0 aromatic heterocycles. The maximum atomic E-state index is 10.8. The Kier molecular flexibility index (Phi) is 5.94. The number of benzene rings is 1. The molecule has 0 saturated heterocycles. The second-order valence-corrected chi connectivity index (χ2v) is 3.78. The van der Waals surface area contributed by atoms with Gasteiger partial charge < -0.3 is 14.6 Å². The average Bonchev–Trinajstić information content (AvgIpc) is 2.35. The molecule has 0 radical (unpaired) electrons. The molecule has 0 fully saturated rings. The topological polar surface area (TPSA) is 55.8 Å². The maximum Gasteiger partial charge on any atom is 0.331 e. The molecule has 4 nitrogen and oxygen atoms in total. The third-order valence-electron chi connectivity index (χ3n) is 2.44. The molecule has 1 aromatic carbocycles. The molecule has 0 amide bonds. The van der Waals surface area contributed by atoms with Crippen LogP contribution in [-0.4, -0.2) is 24.8 Å². The molecule has 18 heavy (non-hydrogen) atoms. The summed E-state index contributed by atoms with van der Waals surface area (Å²) in [7, 11) is 1.64. The van der Waals surface area contributed by atoms with Crippen LogP contribution in [-0.2, 0) is 16.1 Å². The largest absolute Gasteiger partial charge is 0.490 e. The summed E-state index contributed by atoms with van der Waals surface area (Å²) < 4.78 is 10.5. The molecule has 4 heteroatoms. The van der Waals surface area contributed by atoms with Crippen molar-refractivity contribution in [1.29, 1.82) is 0 Å². The van der Waals surface area contributed by atoms with Gasteiger partial charge in [0.05, 0.1) is 6.61 Å². The van der Waals surface area contributed by atoms with E-state index < -0.39 is 5.97 Å². The SMILES string of the molecule is CCC(=CCOc1cccc(COC)c1)C(=O)O. The van der Waals surface area contributed by atoms with Crippen molar-refractivity contribution in [3.63, 3.8) is 0 Å². The normalized spacial score (nSPS) is 11.3. The van der Waals surface area contributed by atoms with Gasteiger partial charge in [0.15, 0.2) is 0 Å². The van der Waals surface area contributed by atoms with E-state index in [-0.39, 0.29) is 6.61 Å². The van der Waals surface area contributed by atoms with E-state index in [1.165, 1.54) is 0 Å². The number of rotatable bonds is 7. The minimum atomic E-state index is -0.894. The number of hydrogen-bond donors (Lipinski definition) is 1. The molecule has 0 spiro atoms. The van der Waals surface area contributed by atoms with E-state index in [4.69, 9.17) is 14.6 Å². The Morgan fingerprint density at radius 1 is 1.44 bits per heavy atom. The van der Waals surface area contributed by atoms with E-state index >= 15 is 0 Å². The minimum absolute atomic E-state index is 0.256. The molecular formula is C14H18O4. The molecule has 1 N–H and O–H groups in total. The molecule has 1 aromatic rings. The van der Waals surface area contributed by atoms with E-state index in [1.54, 1.807) is 20.1 Å². The Hall–Kier alpha value is -1.81. The zero-order valence-corrected chi connectivity index (χ0v) is 10.7. The van der Waals surface area contributed by atoms with Crippen LogP contribution < -0.4 is 4.74 Å². The Balaban J connectivity index is 2.58. The molecule has 0 aliphatic carbocycles. The van der Waals surface area contributed by atoms with Crippen molar-refractivity contribution < 1.29 is 19.4 Å². The van der Waals surface area contributed by atoms with E-state index in [0.29, 0.717) is 24.4 Å². The Labute approximate surface area is 107 Å². The molecule has 0 bridgehead atoms. The summed E-state index contributed by atoms with van der Waals surface area (Å²) >= 11 is 0. The smallest absolute Gasteiger partial charge is 0.331 e. The monoisotopic (exact) mass is 250 g/mol. The third-order valence-corrected chi connectivity index (χ3v) is 2.44. The molecule has 0 heterocycles. The highest BCUT2D eigenvalue weighted by molar-refractivity contribution is 5.86. The summed E-state index contributed by atoms with van der Waals surface area (Å²) in [6.07, 6.45) is 2.08. The molecule has 0 aliphatic rings. The summed E-state index contributed by atoms with van der Waals surface area (Å²) in [4.78, 5) is 10.8. The minimum Gasteiger partial charge on any atom is -0.490 e. The van der Waals surface area contributed by atoms with Gasteiger partial charge in [-0.25, -0.2) is 4.79 Å². The van der Waals surface area contributed by atoms with Crippen LogP contribution in [0, 0.1) is 0 Å². The molecule has 0 unspecified atom stereocenters. The molecule has 0 aliphatic heterocycles. The van der Waals surface area contributed by atoms with Crippen molar-refractivity contribution in [3.05, 3.63) is 41.5 Å². The van der Waals surface area contributed by atoms with Gasteiger partial charge in [-0.15, -0.1) is 0 Å². The van der Waals surface area contributed by atoms with Crippen LogP contribution in [0.5, 0.6) is 5.75 Å². The van der Waals surface area contributed by atoms with E-state index in [1.807, 2.05) is 24.3 Å².